The molecule has 0 aromatic heterocycles. The summed E-state index contributed by atoms with van der Waals surface area (Å²) in [5.41, 5.74) is 7.50. The smallest absolute Gasteiger partial charge is 0.130 e. The maximum atomic E-state index is 13.8. The molecule has 2 aromatic carbocycles. The minimum absolute atomic E-state index is 0.186. The minimum atomic E-state index is -0.308. The summed E-state index contributed by atoms with van der Waals surface area (Å²) in [5, 5.41) is 0. The molecular weight excluding hydrogens is 245 g/mol. The molecule has 0 bridgehead atoms. The van der Waals surface area contributed by atoms with Crippen LogP contribution in [0.25, 0.3) is 11.1 Å². The van der Waals surface area contributed by atoms with Gasteiger partial charge < -0.3 is 15.2 Å². The number of halogens is 1. The van der Waals surface area contributed by atoms with Crippen LogP contribution in [0, 0.1) is 5.82 Å². The molecule has 19 heavy (non-hydrogen) atoms. The fourth-order valence-corrected chi connectivity index (χ4v) is 1.92. The van der Waals surface area contributed by atoms with Crippen LogP contribution in [-0.2, 0) is 6.54 Å². The molecule has 0 radical (unpaired) electrons. The molecule has 2 N–H and O–H groups in total. The Balaban J connectivity index is 2.49. The van der Waals surface area contributed by atoms with E-state index in [-0.39, 0.29) is 12.4 Å². The van der Waals surface area contributed by atoms with E-state index in [2.05, 4.69) is 0 Å². The number of rotatable bonds is 4. The molecule has 0 fully saturated rings. The second-order valence-corrected chi connectivity index (χ2v) is 4.08. The van der Waals surface area contributed by atoms with Crippen molar-refractivity contribution in [2.24, 2.45) is 5.73 Å². The Morgan fingerprint density at radius 1 is 1.05 bits per heavy atom. The van der Waals surface area contributed by atoms with Crippen molar-refractivity contribution in [3.8, 4) is 22.6 Å². The lowest BCUT2D eigenvalue weighted by molar-refractivity contribution is 0.395. The Labute approximate surface area is 111 Å². The van der Waals surface area contributed by atoms with Crippen molar-refractivity contribution in [1.29, 1.82) is 0 Å². The monoisotopic (exact) mass is 261 g/mol. The molecule has 0 saturated heterocycles. The molecule has 0 spiro atoms. The standard InChI is InChI=1S/C15H16FNO2/c1-18-12-5-6-13(15(8-12)19-2)10-3-4-11(9-17)14(16)7-10/h3-8H,9,17H2,1-2H3. The van der Waals surface area contributed by atoms with Crippen LogP contribution in [0.1, 0.15) is 5.56 Å². The fourth-order valence-electron chi connectivity index (χ4n) is 1.92. The van der Waals surface area contributed by atoms with Gasteiger partial charge in [0.05, 0.1) is 14.2 Å². The first kappa shape index (κ1) is 13.4. The van der Waals surface area contributed by atoms with Crippen LogP contribution in [0.3, 0.4) is 0 Å². The number of hydrogen-bond acceptors (Lipinski definition) is 3. The molecule has 0 amide bonds. The van der Waals surface area contributed by atoms with Gasteiger partial charge in [-0.25, -0.2) is 4.39 Å². The van der Waals surface area contributed by atoms with Crippen molar-refractivity contribution in [2.45, 2.75) is 6.54 Å². The van der Waals surface area contributed by atoms with E-state index in [1.54, 1.807) is 26.4 Å². The third kappa shape index (κ3) is 2.69. The summed E-state index contributed by atoms with van der Waals surface area (Å²) in [6, 6.07) is 10.4. The SMILES string of the molecule is COc1ccc(-c2ccc(CN)c(F)c2)c(OC)c1. The summed E-state index contributed by atoms with van der Waals surface area (Å²) in [6.45, 7) is 0.186. The van der Waals surface area contributed by atoms with Gasteiger partial charge in [-0.05, 0) is 23.8 Å². The molecule has 0 saturated carbocycles. The summed E-state index contributed by atoms with van der Waals surface area (Å²) in [4.78, 5) is 0. The second kappa shape index (κ2) is 5.71. The van der Waals surface area contributed by atoms with Crippen molar-refractivity contribution in [2.75, 3.05) is 14.2 Å². The van der Waals surface area contributed by atoms with Crippen molar-refractivity contribution < 1.29 is 13.9 Å². The van der Waals surface area contributed by atoms with Gasteiger partial charge in [0.15, 0.2) is 0 Å². The van der Waals surface area contributed by atoms with Gasteiger partial charge in [0.1, 0.15) is 17.3 Å². The normalized spacial score (nSPS) is 10.3. The van der Waals surface area contributed by atoms with Crippen molar-refractivity contribution in [1.82, 2.24) is 0 Å². The number of hydrogen-bond donors (Lipinski definition) is 1. The highest BCUT2D eigenvalue weighted by Crippen LogP contribution is 2.33. The first-order valence-electron chi connectivity index (χ1n) is 5.90. The second-order valence-electron chi connectivity index (χ2n) is 4.08. The summed E-state index contributed by atoms with van der Waals surface area (Å²) in [7, 11) is 3.16. The zero-order valence-corrected chi connectivity index (χ0v) is 10.9. The summed E-state index contributed by atoms with van der Waals surface area (Å²) >= 11 is 0. The quantitative estimate of drug-likeness (QED) is 0.920. The van der Waals surface area contributed by atoms with Crippen LogP contribution in [0.4, 0.5) is 4.39 Å². The molecule has 0 aliphatic carbocycles. The highest BCUT2D eigenvalue weighted by molar-refractivity contribution is 5.71. The number of benzene rings is 2. The molecule has 0 unspecified atom stereocenters. The number of methoxy groups -OCH3 is 2. The van der Waals surface area contributed by atoms with Crippen LogP contribution >= 0.6 is 0 Å². The lowest BCUT2D eigenvalue weighted by Crippen LogP contribution is -1.99. The largest absolute Gasteiger partial charge is 0.497 e. The van der Waals surface area contributed by atoms with Crippen LogP contribution in [-0.4, -0.2) is 14.2 Å². The van der Waals surface area contributed by atoms with Gasteiger partial charge in [-0.2, -0.15) is 0 Å². The lowest BCUT2D eigenvalue weighted by Gasteiger charge is -2.11. The van der Waals surface area contributed by atoms with Crippen molar-refractivity contribution >= 4 is 0 Å². The number of nitrogens with two attached hydrogens (primary N) is 1. The van der Waals surface area contributed by atoms with Crippen LogP contribution in [0.5, 0.6) is 11.5 Å². The average Bonchev–Trinajstić information content (AvgIpc) is 2.46. The predicted molar refractivity (Wildman–Crippen MR) is 72.8 cm³/mol. The Morgan fingerprint density at radius 3 is 2.42 bits per heavy atom. The Bertz CT molecular complexity index is 584. The number of ether oxygens (including phenoxy) is 2. The molecule has 3 nitrogen and oxygen atoms in total. The zero-order chi connectivity index (χ0) is 13.8. The van der Waals surface area contributed by atoms with Crippen LogP contribution in [0.15, 0.2) is 36.4 Å². The van der Waals surface area contributed by atoms with Gasteiger partial charge >= 0.3 is 0 Å². The van der Waals surface area contributed by atoms with E-state index in [1.807, 2.05) is 18.2 Å². The average molecular weight is 261 g/mol. The highest BCUT2D eigenvalue weighted by Gasteiger charge is 2.09. The summed E-state index contributed by atoms with van der Waals surface area (Å²) in [5.74, 6) is 1.02. The van der Waals surface area contributed by atoms with E-state index < -0.39 is 0 Å². The van der Waals surface area contributed by atoms with E-state index in [1.165, 1.54) is 6.07 Å². The van der Waals surface area contributed by atoms with Gasteiger partial charge in [0.2, 0.25) is 0 Å². The van der Waals surface area contributed by atoms with E-state index >= 15 is 0 Å². The van der Waals surface area contributed by atoms with Crippen molar-refractivity contribution in [3.05, 3.63) is 47.8 Å². The van der Waals surface area contributed by atoms with E-state index in [4.69, 9.17) is 15.2 Å². The highest BCUT2D eigenvalue weighted by atomic mass is 19.1. The molecule has 0 atom stereocenters. The molecule has 0 aliphatic rings. The van der Waals surface area contributed by atoms with Crippen LogP contribution < -0.4 is 15.2 Å². The van der Waals surface area contributed by atoms with Gasteiger partial charge in [0, 0.05) is 23.7 Å². The summed E-state index contributed by atoms with van der Waals surface area (Å²) < 4.78 is 24.2. The molecular formula is C15H16FNO2. The first-order chi connectivity index (χ1) is 9.19. The molecule has 2 rings (SSSR count). The lowest BCUT2D eigenvalue weighted by atomic mass is 10.0. The molecule has 4 heteroatoms. The minimum Gasteiger partial charge on any atom is -0.497 e. The topological polar surface area (TPSA) is 44.5 Å². The third-order valence-electron chi connectivity index (χ3n) is 2.99. The van der Waals surface area contributed by atoms with Gasteiger partial charge in [0.25, 0.3) is 0 Å². The molecule has 0 heterocycles. The fraction of sp³-hybridized carbons (Fsp3) is 0.200. The van der Waals surface area contributed by atoms with Crippen molar-refractivity contribution in [3.63, 3.8) is 0 Å². The third-order valence-corrected chi connectivity index (χ3v) is 2.99. The maximum Gasteiger partial charge on any atom is 0.130 e. The Hall–Kier alpha value is -2.07. The summed E-state index contributed by atoms with van der Waals surface area (Å²) in [6.07, 6.45) is 0. The van der Waals surface area contributed by atoms with Gasteiger partial charge in [-0.15, -0.1) is 0 Å². The molecule has 0 aliphatic heterocycles. The van der Waals surface area contributed by atoms with E-state index in [0.717, 1.165) is 11.1 Å². The predicted octanol–water partition coefficient (Wildman–Crippen LogP) is 2.97. The first-order valence-corrected chi connectivity index (χ1v) is 5.90. The molecule has 100 valence electrons. The van der Waals surface area contributed by atoms with Gasteiger partial charge in [-0.1, -0.05) is 12.1 Å². The molecule has 2 aromatic rings. The maximum absolute atomic E-state index is 13.8. The van der Waals surface area contributed by atoms with E-state index in [9.17, 15) is 4.39 Å². The van der Waals surface area contributed by atoms with Crippen LogP contribution in [0.2, 0.25) is 0 Å². The Morgan fingerprint density at radius 2 is 1.84 bits per heavy atom. The Kier molecular flexibility index (Phi) is 4.02. The van der Waals surface area contributed by atoms with E-state index in [0.29, 0.717) is 17.1 Å². The van der Waals surface area contributed by atoms with Gasteiger partial charge in [-0.3, -0.25) is 0 Å². The zero-order valence-electron chi connectivity index (χ0n) is 10.9.